The Morgan fingerprint density at radius 2 is 1.94 bits per heavy atom. The summed E-state index contributed by atoms with van der Waals surface area (Å²) < 4.78 is 32.1. The molecule has 2 heterocycles. The Balaban J connectivity index is 1.46. The fraction of sp³-hybridized carbons (Fsp3) is 0.167. The van der Waals surface area contributed by atoms with Crippen LogP contribution in [0.25, 0.3) is 10.2 Å². The van der Waals surface area contributed by atoms with Crippen molar-refractivity contribution in [1.82, 2.24) is 4.98 Å². The molecular weight excluding hydrogens is 418 g/mol. The second-order valence-electron chi connectivity index (χ2n) is 7.61. The monoisotopic (exact) mass is 436 g/mol. The molecule has 5 rings (SSSR count). The van der Waals surface area contributed by atoms with Gasteiger partial charge in [0.05, 0.1) is 5.69 Å². The maximum absolute atomic E-state index is 13.9. The predicted molar refractivity (Wildman–Crippen MR) is 117 cm³/mol. The molecule has 0 aliphatic heterocycles. The predicted octanol–water partition coefficient (Wildman–Crippen LogP) is 5.65. The Morgan fingerprint density at radius 1 is 1.13 bits per heavy atom. The van der Waals surface area contributed by atoms with Crippen molar-refractivity contribution < 1.29 is 18.3 Å². The summed E-state index contributed by atoms with van der Waals surface area (Å²) in [6.45, 7) is 0. The van der Waals surface area contributed by atoms with Crippen LogP contribution in [0.15, 0.2) is 54.6 Å². The van der Waals surface area contributed by atoms with Crippen LogP contribution in [0.1, 0.15) is 38.8 Å². The average molecular weight is 436 g/mol. The van der Waals surface area contributed by atoms with Crippen molar-refractivity contribution in [3.05, 3.63) is 87.9 Å². The van der Waals surface area contributed by atoms with Gasteiger partial charge in [0.1, 0.15) is 15.5 Å². The number of pyridine rings is 1. The van der Waals surface area contributed by atoms with E-state index in [0.29, 0.717) is 22.2 Å². The van der Waals surface area contributed by atoms with Gasteiger partial charge in [-0.05, 0) is 54.5 Å². The number of hydrogen-bond donors (Lipinski definition) is 1. The summed E-state index contributed by atoms with van der Waals surface area (Å²) in [7, 11) is 0. The van der Waals surface area contributed by atoms with E-state index >= 15 is 0 Å². The minimum absolute atomic E-state index is 0.160. The maximum Gasteiger partial charge on any atom is 0.356 e. The lowest BCUT2D eigenvalue weighted by Crippen LogP contribution is -2.14. The Bertz CT molecular complexity index is 1300. The maximum atomic E-state index is 13.9. The van der Waals surface area contributed by atoms with Crippen molar-refractivity contribution in [2.75, 3.05) is 5.73 Å². The average Bonchev–Trinajstić information content (AvgIpc) is 3.10. The van der Waals surface area contributed by atoms with Gasteiger partial charge in [-0.25, -0.2) is 18.6 Å². The smallest absolute Gasteiger partial charge is 0.356 e. The zero-order chi connectivity index (χ0) is 21.5. The van der Waals surface area contributed by atoms with Gasteiger partial charge in [-0.3, -0.25) is 0 Å². The summed E-state index contributed by atoms with van der Waals surface area (Å²) >= 11 is 1.12. The number of hydrogen-bond acceptors (Lipinski definition) is 5. The second kappa shape index (κ2) is 7.74. The summed E-state index contributed by atoms with van der Waals surface area (Å²) in [5, 5.41) is 0.698. The standard InChI is InChI=1S/C24H18F2N2O2S/c25-16-7-9-20(18(26)12-16)30-24(29)22-21(27)17-11-15-10-14(13-4-2-1-3-5-13)6-8-19(15)28-23(17)31-22/h1-5,7,9,11-12,14H,6,8,10,27H2/t14-/m0/s1. The van der Waals surface area contributed by atoms with E-state index in [1.54, 1.807) is 0 Å². The van der Waals surface area contributed by atoms with Gasteiger partial charge in [-0.15, -0.1) is 11.3 Å². The molecule has 0 bridgehead atoms. The fourth-order valence-corrected chi connectivity index (χ4v) is 5.03. The van der Waals surface area contributed by atoms with Crippen LogP contribution < -0.4 is 10.5 Å². The zero-order valence-corrected chi connectivity index (χ0v) is 17.2. The first-order valence-electron chi connectivity index (χ1n) is 9.92. The normalized spacial score (nSPS) is 15.6. The lowest BCUT2D eigenvalue weighted by atomic mass is 9.82. The number of esters is 1. The first kappa shape index (κ1) is 19.6. The molecule has 7 heteroatoms. The molecule has 2 aromatic carbocycles. The van der Waals surface area contributed by atoms with E-state index in [1.807, 2.05) is 24.3 Å². The Morgan fingerprint density at radius 3 is 2.71 bits per heavy atom. The van der Waals surface area contributed by atoms with Crippen molar-refractivity contribution in [3.8, 4) is 5.75 Å². The van der Waals surface area contributed by atoms with Crippen molar-refractivity contribution in [1.29, 1.82) is 0 Å². The topological polar surface area (TPSA) is 65.2 Å². The molecule has 0 radical (unpaired) electrons. The van der Waals surface area contributed by atoms with Gasteiger partial charge < -0.3 is 10.5 Å². The third-order valence-corrected chi connectivity index (χ3v) is 6.73. The van der Waals surface area contributed by atoms with Gasteiger partial charge >= 0.3 is 5.97 Å². The molecular formula is C24H18F2N2O2S. The second-order valence-corrected chi connectivity index (χ2v) is 8.61. The lowest BCUT2D eigenvalue weighted by Gasteiger charge is -2.24. The number of fused-ring (bicyclic) bond motifs is 2. The highest BCUT2D eigenvalue weighted by Gasteiger charge is 2.25. The SMILES string of the molecule is Nc1c(C(=O)Oc2ccc(F)cc2F)sc2nc3c(cc12)C[C@@H](c1ccccc1)CC3. The van der Waals surface area contributed by atoms with E-state index in [4.69, 9.17) is 15.5 Å². The van der Waals surface area contributed by atoms with Gasteiger partial charge in [0.2, 0.25) is 0 Å². The molecule has 0 amide bonds. The first-order chi connectivity index (χ1) is 15.0. The summed E-state index contributed by atoms with van der Waals surface area (Å²) in [4.78, 5) is 18.2. The van der Waals surface area contributed by atoms with Gasteiger partial charge in [-0.2, -0.15) is 0 Å². The van der Waals surface area contributed by atoms with Crippen molar-refractivity contribution in [2.45, 2.75) is 25.2 Å². The number of nitrogens with zero attached hydrogens (tertiary/aromatic N) is 1. The Hall–Kier alpha value is -3.32. The van der Waals surface area contributed by atoms with Crippen LogP contribution >= 0.6 is 11.3 Å². The summed E-state index contributed by atoms with van der Waals surface area (Å²) in [6.07, 6.45) is 2.72. The molecule has 1 atom stereocenters. The number of aryl methyl sites for hydroxylation is 1. The lowest BCUT2D eigenvalue weighted by molar-refractivity contribution is 0.0733. The third-order valence-electron chi connectivity index (χ3n) is 5.64. The van der Waals surface area contributed by atoms with Crippen molar-refractivity contribution in [2.24, 2.45) is 0 Å². The number of anilines is 1. The van der Waals surface area contributed by atoms with E-state index in [9.17, 15) is 13.6 Å². The van der Waals surface area contributed by atoms with Crippen LogP contribution in [0, 0.1) is 11.6 Å². The molecule has 0 saturated carbocycles. The van der Waals surface area contributed by atoms with Crippen LogP contribution in [-0.2, 0) is 12.8 Å². The number of benzene rings is 2. The van der Waals surface area contributed by atoms with Crippen molar-refractivity contribution >= 4 is 33.2 Å². The summed E-state index contributed by atoms with van der Waals surface area (Å²) in [5.41, 5.74) is 9.97. The minimum Gasteiger partial charge on any atom is -0.419 e. The van der Waals surface area contributed by atoms with Gasteiger partial charge in [0, 0.05) is 17.1 Å². The Kier molecular flexibility index (Phi) is 4.90. The highest BCUT2D eigenvalue weighted by atomic mass is 32.1. The van der Waals surface area contributed by atoms with Gasteiger partial charge in [0.25, 0.3) is 0 Å². The minimum atomic E-state index is -0.950. The largest absolute Gasteiger partial charge is 0.419 e. The van der Waals surface area contributed by atoms with Crippen molar-refractivity contribution in [3.63, 3.8) is 0 Å². The van der Waals surface area contributed by atoms with E-state index in [0.717, 1.165) is 54.0 Å². The Labute approximate surface area is 181 Å². The van der Waals surface area contributed by atoms with E-state index in [-0.39, 0.29) is 16.3 Å². The number of ether oxygens (including phenoxy) is 1. The molecule has 0 fully saturated rings. The molecule has 4 nitrogen and oxygen atoms in total. The molecule has 4 aromatic rings. The quantitative estimate of drug-likeness (QED) is 0.333. The number of carbonyl (C=O) groups is 1. The molecule has 0 spiro atoms. The number of thiophene rings is 1. The highest BCUT2D eigenvalue weighted by Crippen LogP contribution is 2.38. The van der Waals surface area contributed by atoms with Crippen LogP contribution in [0.2, 0.25) is 0 Å². The molecule has 156 valence electrons. The highest BCUT2D eigenvalue weighted by molar-refractivity contribution is 7.21. The zero-order valence-electron chi connectivity index (χ0n) is 16.4. The van der Waals surface area contributed by atoms with E-state index in [2.05, 4.69) is 12.1 Å². The molecule has 2 aromatic heterocycles. The number of carbonyl (C=O) groups excluding carboxylic acids is 1. The molecule has 2 N–H and O–H groups in total. The molecule has 0 saturated heterocycles. The number of halogens is 2. The molecule has 0 unspecified atom stereocenters. The van der Waals surface area contributed by atoms with Crippen LogP contribution in [0.4, 0.5) is 14.5 Å². The molecule has 31 heavy (non-hydrogen) atoms. The van der Waals surface area contributed by atoms with Crippen LogP contribution in [0.3, 0.4) is 0 Å². The van der Waals surface area contributed by atoms with Gasteiger partial charge in [-0.1, -0.05) is 30.3 Å². The fourth-order valence-electron chi connectivity index (χ4n) is 4.06. The number of nitrogen functional groups attached to an aromatic ring is 1. The third kappa shape index (κ3) is 3.65. The van der Waals surface area contributed by atoms with E-state index < -0.39 is 17.6 Å². The molecule has 1 aliphatic carbocycles. The molecule has 1 aliphatic rings. The number of nitrogens with two attached hydrogens (primary N) is 1. The van der Waals surface area contributed by atoms with Gasteiger partial charge in [0.15, 0.2) is 11.6 Å². The van der Waals surface area contributed by atoms with Crippen LogP contribution in [0.5, 0.6) is 5.75 Å². The first-order valence-corrected chi connectivity index (χ1v) is 10.7. The summed E-state index contributed by atoms with van der Waals surface area (Å²) in [6, 6.07) is 15.2. The number of aromatic nitrogens is 1. The van der Waals surface area contributed by atoms with E-state index in [1.165, 1.54) is 5.56 Å². The van der Waals surface area contributed by atoms with Crippen LogP contribution in [-0.4, -0.2) is 11.0 Å². The summed E-state index contributed by atoms with van der Waals surface area (Å²) in [5.74, 6) is -2.41. The number of rotatable bonds is 3.